The molecule has 1 saturated heterocycles. The van der Waals surface area contributed by atoms with E-state index < -0.39 is 0 Å². The summed E-state index contributed by atoms with van der Waals surface area (Å²) in [7, 11) is 0. The van der Waals surface area contributed by atoms with Crippen LogP contribution in [0.25, 0.3) is 6.08 Å². The summed E-state index contributed by atoms with van der Waals surface area (Å²) in [5.41, 5.74) is 0.840. The number of hydrogen-bond donors (Lipinski definition) is 1. The quantitative estimate of drug-likeness (QED) is 0.623. The van der Waals surface area contributed by atoms with Crippen molar-refractivity contribution in [2.24, 2.45) is 0 Å². The fourth-order valence-corrected chi connectivity index (χ4v) is 3.53. The first kappa shape index (κ1) is 17.7. The summed E-state index contributed by atoms with van der Waals surface area (Å²) >= 11 is 12.3. The number of rotatable bonds is 5. The minimum atomic E-state index is -0.305. The first-order valence-corrected chi connectivity index (χ1v) is 8.93. The second-order valence-corrected chi connectivity index (χ2v) is 7.29. The molecule has 0 bridgehead atoms. The average molecular weight is 393 g/mol. The fourth-order valence-electron chi connectivity index (χ4n) is 2.15. The molecule has 1 aliphatic heterocycles. The number of thiocarbonyl (C=S) groups is 1. The molecule has 8 heteroatoms. The molecule has 0 atom stereocenters. The Hall–Kier alpha value is -2.09. The van der Waals surface area contributed by atoms with E-state index in [1.807, 2.05) is 12.1 Å². The lowest BCUT2D eigenvalue weighted by Gasteiger charge is -2.13. The molecule has 1 fully saturated rings. The van der Waals surface area contributed by atoms with E-state index in [2.05, 4.69) is 5.32 Å². The van der Waals surface area contributed by atoms with Gasteiger partial charge in [-0.25, -0.2) is 0 Å². The zero-order valence-electron chi connectivity index (χ0n) is 12.9. The molecule has 0 radical (unpaired) electrons. The van der Waals surface area contributed by atoms with Crippen LogP contribution in [0.1, 0.15) is 11.3 Å². The van der Waals surface area contributed by atoms with Gasteiger partial charge in [-0.05, 0) is 35.9 Å². The third kappa shape index (κ3) is 4.50. The Kier molecular flexibility index (Phi) is 5.57. The Balaban J connectivity index is 1.62. The predicted octanol–water partition coefficient (Wildman–Crippen LogP) is 3.45. The normalized spacial score (nSPS) is 15.9. The monoisotopic (exact) mass is 392 g/mol. The van der Waals surface area contributed by atoms with E-state index in [0.29, 0.717) is 20.0 Å². The summed E-state index contributed by atoms with van der Waals surface area (Å²) in [5.74, 6) is 0.0555. The van der Waals surface area contributed by atoms with Crippen molar-refractivity contribution in [1.82, 2.24) is 10.2 Å². The molecule has 2 amide bonds. The van der Waals surface area contributed by atoms with E-state index in [9.17, 15) is 9.59 Å². The lowest BCUT2D eigenvalue weighted by molar-refractivity contribution is -0.128. The molecular weight excluding hydrogens is 380 g/mol. The van der Waals surface area contributed by atoms with Crippen LogP contribution in [0.3, 0.4) is 0 Å². The van der Waals surface area contributed by atoms with Gasteiger partial charge in [0.1, 0.15) is 16.6 Å². The van der Waals surface area contributed by atoms with Gasteiger partial charge in [0.25, 0.3) is 5.91 Å². The number of nitrogens with one attached hydrogen (secondary N) is 1. The Morgan fingerprint density at radius 2 is 2.08 bits per heavy atom. The molecule has 128 valence electrons. The molecule has 1 aromatic carbocycles. The SMILES string of the molecule is O=C(CN1C(=O)/C(=C\c2ccc(Cl)cc2)SC1=S)NCc1ccco1. The summed E-state index contributed by atoms with van der Waals surface area (Å²) in [6.45, 7) is 0.143. The first-order chi connectivity index (χ1) is 12.0. The van der Waals surface area contributed by atoms with Crippen molar-refractivity contribution in [3.8, 4) is 0 Å². The molecule has 1 aliphatic rings. The highest BCUT2D eigenvalue weighted by molar-refractivity contribution is 8.26. The van der Waals surface area contributed by atoms with E-state index >= 15 is 0 Å². The highest BCUT2D eigenvalue weighted by Crippen LogP contribution is 2.32. The van der Waals surface area contributed by atoms with Gasteiger partial charge in [-0.2, -0.15) is 0 Å². The van der Waals surface area contributed by atoms with Gasteiger partial charge >= 0.3 is 0 Å². The van der Waals surface area contributed by atoms with E-state index in [1.165, 1.54) is 22.9 Å². The maximum absolute atomic E-state index is 12.5. The minimum absolute atomic E-state index is 0.122. The van der Waals surface area contributed by atoms with Crippen molar-refractivity contribution in [2.75, 3.05) is 6.54 Å². The third-order valence-electron chi connectivity index (χ3n) is 3.38. The van der Waals surface area contributed by atoms with Crippen LogP contribution in [0.2, 0.25) is 5.02 Å². The number of halogens is 1. The number of thioether (sulfide) groups is 1. The lowest BCUT2D eigenvalue weighted by atomic mass is 10.2. The van der Waals surface area contributed by atoms with Crippen molar-refractivity contribution >= 4 is 57.8 Å². The van der Waals surface area contributed by atoms with Gasteiger partial charge < -0.3 is 9.73 Å². The number of carbonyl (C=O) groups excluding carboxylic acids is 2. The number of benzene rings is 1. The lowest BCUT2D eigenvalue weighted by Crippen LogP contribution is -2.39. The molecule has 2 heterocycles. The number of nitrogens with zero attached hydrogens (tertiary/aromatic N) is 1. The molecule has 0 aliphatic carbocycles. The van der Waals surface area contributed by atoms with Crippen LogP contribution in [-0.2, 0) is 16.1 Å². The molecule has 3 rings (SSSR count). The van der Waals surface area contributed by atoms with Crippen LogP contribution < -0.4 is 5.32 Å². The molecule has 1 N–H and O–H groups in total. The summed E-state index contributed by atoms with van der Waals surface area (Å²) < 4.78 is 5.50. The molecule has 0 saturated carbocycles. The molecule has 25 heavy (non-hydrogen) atoms. The Bertz CT molecular complexity index is 832. The summed E-state index contributed by atoms with van der Waals surface area (Å²) in [5, 5.41) is 3.32. The third-order valence-corrected chi connectivity index (χ3v) is 5.01. The zero-order valence-corrected chi connectivity index (χ0v) is 15.3. The summed E-state index contributed by atoms with van der Waals surface area (Å²) in [6, 6.07) is 10.6. The van der Waals surface area contributed by atoms with Gasteiger partial charge in [-0.15, -0.1) is 0 Å². The van der Waals surface area contributed by atoms with Gasteiger partial charge in [0, 0.05) is 5.02 Å². The van der Waals surface area contributed by atoms with E-state index in [-0.39, 0.29) is 24.9 Å². The molecular formula is C17H13ClN2O3S2. The minimum Gasteiger partial charge on any atom is -0.467 e. The number of hydrogen-bond acceptors (Lipinski definition) is 5. The van der Waals surface area contributed by atoms with Gasteiger partial charge in [0.05, 0.1) is 17.7 Å². The topological polar surface area (TPSA) is 62.6 Å². The largest absolute Gasteiger partial charge is 0.467 e. The Labute approximate surface area is 159 Å². The zero-order chi connectivity index (χ0) is 17.8. The average Bonchev–Trinajstić information content (AvgIpc) is 3.19. The number of carbonyl (C=O) groups is 2. The fraction of sp³-hybridized carbons (Fsp3) is 0.118. The maximum atomic E-state index is 12.5. The Morgan fingerprint density at radius 1 is 1.32 bits per heavy atom. The number of furan rings is 1. The van der Waals surface area contributed by atoms with Crippen LogP contribution in [0.15, 0.2) is 52.0 Å². The second kappa shape index (κ2) is 7.86. The van der Waals surface area contributed by atoms with Crippen LogP contribution in [-0.4, -0.2) is 27.6 Å². The smallest absolute Gasteiger partial charge is 0.266 e. The molecule has 0 unspecified atom stereocenters. The van der Waals surface area contributed by atoms with Crippen LogP contribution in [0, 0.1) is 0 Å². The maximum Gasteiger partial charge on any atom is 0.266 e. The summed E-state index contributed by atoms with van der Waals surface area (Å²) in [6.07, 6.45) is 3.27. The van der Waals surface area contributed by atoms with E-state index in [1.54, 1.807) is 30.3 Å². The van der Waals surface area contributed by atoms with Gasteiger partial charge in [-0.3, -0.25) is 14.5 Å². The molecule has 1 aromatic heterocycles. The second-order valence-electron chi connectivity index (χ2n) is 5.18. The number of amides is 2. The first-order valence-electron chi connectivity index (χ1n) is 7.33. The molecule has 2 aromatic rings. The van der Waals surface area contributed by atoms with Crippen molar-refractivity contribution in [3.63, 3.8) is 0 Å². The van der Waals surface area contributed by atoms with Crippen molar-refractivity contribution < 1.29 is 14.0 Å². The van der Waals surface area contributed by atoms with Crippen molar-refractivity contribution in [1.29, 1.82) is 0 Å². The van der Waals surface area contributed by atoms with Crippen molar-refractivity contribution in [2.45, 2.75) is 6.54 Å². The van der Waals surface area contributed by atoms with Crippen molar-refractivity contribution in [3.05, 3.63) is 63.9 Å². The van der Waals surface area contributed by atoms with Crippen LogP contribution in [0.5, 0.6) is 0 Å². The highest BCUT2D eigenvalue weighted by Gasteiger charge is 2.33. The van der Waals surface area contributed by atoms with Gasteiger partial charge in [0.2, 0.25) is 5.91 Å². The molecule has 0 spiro atoms. The molecule has 5 nitrogen and oxygen atoms in total. The van der Waals surface area contributed by atoms with Crippen LogP contribution in [0.4, 0.5) is 0 Å². The van der Waals surface area contributed by atoms with E-state index in [0.717, 1.165) is 5.56 Å². The standard InChI is InChI=1S/C17H13ClN2O3S2/c18-12-5-3-11(4-6-12)8-14-16(22)20(17(24)25-14)10-15(21)19-9-13-2-1-7-23-13/h1-8H,9-10H2,(H,19,21)/b14-8+. The van der Waals surface area contributed by atoms with Crippen LogP contribution >= 0.6 is 35.6 Å². The van der Waals surface area contributed by atoms with E-state index in [4.69, 9.17) is 28.2 Å². The highest BCUT2D eigenvalue weighted by atomic mass is 35.5. The van der Waals surface area contributed by atoms with Gasteiger partial charge in [0.15, 0.2) is 0 Å². The van der Waals surface area contributed by atoms with Gasteiger partial charge in [-0.1, -0.05) is 47.7 Å². The summed E-state index contributed by atoms with van der Waals surface area (Å²) in [4.78, 5) is 26.3. The Morgan fingerprint density at radius 3 is 2.76 bits per heavy atom. The predicted molar refractivity (Wildman–Crippen MR) is 102 cm³/mol.